The fourth-order valence-corrected chi connectivity index (χ4v) is 5.49. The molecule has 7 amide bonds. The number of nitrogens with zero attached hydrogens (tertiary/aromatic N) is 1. The topological polar surface area (TPSA) is 303 Å². The van der Waals surface area contributed by atoms with Crippen LogP contribution >= 0.6 is 11.8 Å². The normalized spacial score (nSPS) is 16.0. The summed E-state index contributed by atoms with van der Waals surface area (Å²) in [5, 5.41) is 9.12. The fourth-order valence-electron chi connectivity index (χ4n) is 4.29. The first-order chi connectivity index (χ1) is 23.4. The lowest BCUT2D eigenvalue weighted by molar-refractivity contribution is -0.138. The molecule has 0 bridgehead atoms. The van der Waals surface area contributed by atoms with E-state index in [1.807, 2.05) is 0 Å². The third-order valence-electron chi connectivity index (χ3n) is 6.92. The first-order valence-corrected chi connectivity index (χ1v) is 16.3. The summed E-state index contributed by atoms with van der Waals surface area (Å²) in [5.41, 5.74) is 23.2. The number of rotatable bonds is 22. The molecule has 4 atom stereocenters. The van der Waals surface area contributed by atoms with Crippen LogP contribution in [-0.2, 0) is 44.7 Å². The molecular weight excluding hydrogens is 666 g/mol. The van der Waals surface area contributed by atoms with Gasteiger partial charge in [-0.1, -0.05) is 12.1 Å². The Labute approximate surface area is 287 Å². The second-order valence-corrected chi connectivity index (χ2v) is 11.9. The molecule has 1 heterocycles. The summed E-state index contributed by atoms with van der Waals surface area (Å²) in [6.07, 6.45) is -0.795. The van der Waals surface area contributed by atoms with Crippen molar-refractivity contribution in [3.05, 3.63) is 29.8 Å². The Hall–Kier alpha value is -4.34. The highest BCUT2D eigenvalue weighted by molar-refractivity contribution is 8.00. The van der Waals surface area contributed by atoms with E-state index in [9.17, 15) is 33.6 Å². The van der Waals surface area contributed by atoms with E-state index in [0.717, 1.165) is 22.2 Å². The molecule has 0 aliphatic carbocycles. The number of carbonyl (C=O) groups is 7. The quantitative estimate of drug-likeness (QED) is 0.0327. The molecule has 1 saturated heterocycles. The van der Waals surface area contributed by atoms with E-state index < -0.39 is 53.1 Å². The van der Waals surface area contributed by atoms with Crippen molar-refractivity contribution >= 4 is 53.3 Å². The van der Waals surface area contributed by atoms with Crippen LogP contribution in [0.4, 0.5) is 4.79 Å². The molecule has 1 aromatic carbocycles. The van der Waals surface area contributed by atoms with Gasteiger partial charge in [0.15, 0.2) is 0 Å². The summed E-state index contributed by atoms with van der Waals surface area (Å²) < 4.78 is 15.0. The first kappa shape index (κ1) is 40.8. The molecular formula is C29H45N9O10S. The van der Waals surface area contributed by atoms with Crippen LogP contribution in [0.15, 0.2) is 24.3 Å². The van der Waals surface area contributed by atoms with Gasteiger partial charge < -0.3 is 58.4 Å². The molecule has 0 radical (unpaired) electrons. The van der Waals surface area contributed by atoms with Gasteiger partial charge >= 0.3 is 6.09 Å². The molecule has 1 aliphatic rings. The Morgan fingerprint density at radius 3 is 2.37 bits per heavy atom. The van der Waals surface area contributed by atoms with Crippen molar-refractivity contribution in [1.82, 2.24) is 26.2 Å². The number of thioether (sulfide) groups is 1. The van der Waals surface area contributed by atoms with E-state index in [1.54, 1.807) is 12.1 Å². The third-order valence-corrected chi connectivity index (χ3v) is 8.22. The molecule has 1 unspecified atom stereocenters. The summed E-state index contributed by atoms with van der Waals surface area (Å²) in [4.78, 5) is 86.8. The Morgan fingerprint density at radius 1 is 1.00 bits per heavy atom. The van der Waals surface area contributed by atoms with E-state index in [2.05, 4.69) is 21.3 Å². The van der Waals surface area contributed by atoms with Gasteiger partial charge in [-0.15, -0.1) is 11.8 Å². The maximum Gasteiger partial charge on any atom is 0.412 e. The summed E-state index contributed by atoms with van der Waals surface area (Å²) in [7, 11) is 1.47. The van der Waals surface area contributed by atoms with E-state index >= 15 is 0 Å². The average Bonchev–Trinajstić information content (AvgIpc) is 3.33. The molecule has 2 rings (SSSR count). The lowest BCUT2D eigenvalue weighted by atomic mass is 10.1. The molecule has 0 saturated carbocycles. The predicted molar refractivity (Wildman–Crippen MR) is 176 cm³/mol. The number of nitrogens with one attached hydrogen (secondary N) is 4. The molecule has 272 valence electrons. The van der Waals surface area contributed by atoms with Crippen molar-refractivity contribution in [1.29, 1.82) is 0 Å². The van der Waals surface area contributed by atoms with Gasteiger partial charge in [-0.3, -0.25) is 33.7 Å². The number of hydrogen-bond acceptors (Lipinski definition) is 14. The number of ether oxygens (including phenoxy) is 3. The first-order valence-electron chi connectivity index (χ1n) is 15.3. The van der Waals surface area contributed by atoms with E-state index in [-0.39, 0.29) is 88.7 Å². The van der Waals surface area contributed by atoms with Crippen LogP contribution in [0.25, 0.3) is 0 Å². The van der Waals surface area contributed by atoms with Crippen molar-refractivity contribution in [2.45, 2.75) is 49.1 Å². The molecule has 1 aliphatic heterocycles. The zero-order valence-corrected chi connectivity index (χ0v) is 28.0. The Balaban J connectivity index is 1.72. The zero-order chi connectivity index (χ0) is 36.3. The molecule has 20 heteroatoms. The zero-order valence-electron chi connectivity index (χ0n) is 27.1. The largest absolute Gasteiger partial charge is 0.412 e. The van der Waals surface area contributed by atoms with Crippen molar-refractivity contribution in [2.75, 3.05) is 52.6 Å². The molecule has 1 aromatic rings. The standard InChI is InChI=1S/C29H45N9O10S/c1-46-16-47-11-9-34-23(39)7-10-38-24(40)13-22(28(38)44)49-14-21(25(33)41)37-27(43)19(31)6-8-35-29(45)48-18-4-2-17(3-5-18)12-20(32)26(42)36-15-30/h2-5,19-22H,6-16,30-32H2,1H3,(H2,33,41)(H,34,39)(H,35,45)(H,36,42)(H,37,43)/t19-,20-,21-,22?/m0/s1. The monoisotopic (exact) mass is 711 g/mol. The third kappa shape index (κ3) is 14.8. The van der Waals surface area contributed by atoms with Gasteiger partial charge in [0.05, 0.1) is 30.6 Å². The minimum Gasteiger partial charge on any atom is -0.410 e. The number of imide groups is 1. The number of primary amides is 1. The summed E-state index contributed by atoms with van der Waals surface area (Å²) >= 11 is 0.975. The van der Waals surface area contributed by atoms with Gasteiger partial charge in [0.25, 0.3) is 0 Å². The maximum atomic E-state index is 12.8. The van der Waals surface area contributed by atoms with Crippen molar-refractivity contribution < 1.29 is 47.8 Å². The molecule has 49 heavy (non-hydrogen) atoms. The van der Waals surface area contributed by atoms with Crippen LogP contribution < -0.4 is 48.9 Å². The highest BCUT2D eigenvalue weighted by Gasteiger charge is 2.39. The van der Waals surface area contributed by atoms with Crippen molar-refractivity contribution in [3.8, 4) is 5.75 Å². The number of carbonyl (C=O) groups excluding carboxylic acids is 7. The lowest BCUT2D eigenvalue weighted by Crippen LogP contribution is -2.52. The number of hydrogen-bond donors (Lipinski definition) is 8. The average molecular weight is 712 g/mol. The molecule has 0 spiro atoms. The smallest absolute Gasteiger partial charge is 0.410 e. The highest BCUT2D eigenvalue weighted by Crippen LogP contribution is 2.26. The van der Waals surface area contributed by atoms with Gasteiger partial charge in [0, 0.05) is 45.3 Å². The molecule has 12 N–H and O–H groups in total. The van der Waals surface area contributed by atoms with Crippen LogP contribution in [0, 0.1) is 0 Å². The van der Waals surface area contributed by atoms with Crippen molar-refractivity contribution in [2.24, 2.45) is 22.9 Å². The maximum absolute atomic E-state index is 12.8. The van der Waals surface area contributed by atoms with Crippen LogP contribution in [0.5, 0.6) is 5.75 Å². The fraction of sp³-hybridized carbons (Fsp3) is 0.552. The van der Waals surface area contributed by atoms with Gasteiger partial charge in [0.2, 0.25) is 35.4 Å². The number of amides is 7. The number of methoxy groups -OCH3 is 1. The lowest BCUT2D eigenvalue weighted by Gasteiger charge is -2.20. The number of nitrogens with two attached hydrogens (primary N) is 4. The van der Waals surface area contributed by atoms with Crippen LogP contribution in [0.1, 0.15) is 24.8 Å². The minimum atomic E-state index is -1.20. The number of likely N-dealkylation sites (tertiary alicyclic amines) is 1. The van der Waals surface area contributed by atoms with Crippen molar-refractivity contribution in [3.63, 3.8) is 0 Å². The van der Waals surface area contributed by atoms with Gasteiger partial charge in [-0.05, 0) is 30.5 Å². The number of benzene rings is 1. The minimum absolute atomic E-state index is 0.0143. The SMILES string of the molecule is COCOCCNC(=O)CCN1C(=O)CC(SC[C@H](NC(=O)[C@@H](N)CCNC(=O)Oc2ccc(C[C@H](N)C(=O)NCN)cc2)C(N)=O)C1=O. The Kier molecular flexibility index (Phi) is 18.0. The Morgan fingerprint density at radius 2 is 1.71 bits per heavy atom. The second kappa shape index (κ2) is 21.6. The molecule has 19 nitrogen and oxygen atoms in total. The van der Waals surface area contributed by atoms with E-state index in [4.69, 9.17) is 37.1 Å². The van der Waals surface area contributed by atoms with E-state index in [0.29, 0.717) is 0 Å². The van der Waals surface area contributed by atoms with Crippen LogP contribution in [0.3, 0.4) is 0 Å². The highest BCUT2D eigenvalue weighted by atomic mass is 32.2. The Bertz CT molecular complexity index is 1300. The van der Waals surface area contributed by atoms with Gasteiger partial charge in [-0.2, -0.15) is 0 Å². The molecule has 1 fully saturated rings. The predicted octanol–water partition coefficient (Wildman–Crippen LogP) is -3.65. The molecule has 0 aromatic heterocycles. The van der Waals surface area contributed by atoms with Gasteiger partial charge in [0.1, 0.15) is 18.6 Å². The van der Waals surface area contributed by atoms with Crippen LogP contribution in [0.2, 0.25) is 0 Å². The van der Waals surface area contributed by atoms with Crippen LogP contribution in [-0.4, -0.2) is 122 Å². The summed E-state index contributed by atoms with van der Waals surface area (Å²) in [6, 6.07) is 3.23. The summed E-state index contributed by atoms with van der Waals surface area (Å²) in [6.45, 7) is 0.395. The van der Waals surface area contributed by atoms with E-state index in [1.165, 1.54) is 19.2 Å². The van der Waals surface area contributed by atoms with Gasteiger partial charge in [-0.25, -0.2) is 4.79 Å². The second-order valence-electron chi connectivity index (χ2n) is 10.7. The summed E-state index contributed by atoms with van der Waals surface area (Å²) in [5.74, 6) is -3.20.